The number of halogens is 2. The van der Waals surface area contributed by atoms with E-state index in [1.165, 1.54) is 6.07 Å². The van der Waals surface area contributed by atoms with Gasteiger partial charge < -0.3 is 19.9 Å². The summed E-state index contributed by atoms with van der Waals surface area (Å²) < 4.78 is 14.5. The number of amides is 1. The number of nitrogens with one attached hydrogen (secondary N) is 1. The molecule has 1 aliphatic rings. The Kier molecular flexibility index (Phi) is 12.0. The Balaban J connectivity index is 0.00000216. The molecule has 0 spiro atoms. The predicted molar refractivity (Wildman–Crippen MR) is 173 cm³/mol. The average molecular weight is 656 g/mol. The monoisotopic (exact) mass is 654 g/mol. The molecule has 1 fully saturated rings. The Morgan fingerprint density at radius 1 is 0.841 bits per heavy atom. The topological polar surface area (TPSA) is 122 Å². The summed E-state index contributed by atoms with van der Waals surface area (Å²) in [6.45, 7) is 1.81. The number of hydrogen-bond donors (Lipinski definition) is 2. The van der Waals surface area contributed by atoms with E-state index in [4.69, 9.17) is 42.6 Å². The van der Waals surface area contributed by atoms with Gasteiger partial charge in [0.15, 0.2) is 0 Å². The zero-order valence-corrected chi connectivity index (χ0v) is 25.6. The van der Waals surface area contributed by atoms with Gasteiger partial charge in [-0.25, -0.2) is 9.10 Å². The summed E-state index contributed by atoms with van der Waals surface area (Å²) in [5, 5.41) is 13.1. The number of carbonyl (C=O) groups is 2. The molecule has 0 aromatic heterocycles. The van der Waals surface area contributed by atoms with E-state index in [9.17, 15) is 14.7 Å². The van der Waals surface area contributed by atoms with E-state index in [1.54, 1.807) is 42.3 Å². The molecule has 12 heteroatoms. The number of para-hydroxylation sites is 1. The maximum absolute atomic E-state index is 12.5. The molecule has 1 heterocycles. The van der Waals surface area contributed by atoms with Crippen molar-refractivity contribution in [3.8, 4) is 17.2 Å². The first-order valence-corrected chi connectivity index (χ1v) is 15.1. The van der Waals surface area contributed by atoms with Crippen molar-refractivity contribution in [3.05, 3.63) is 122 Å². The van der Waals surface area contributed by atoms with E-state index in [-0.39, 0.29) is 29.7 Å². The van der Waals surface area contributed by atoms with Gasteiger partial charge in [0.25, 0.3) is 0 Å². The fourth-order valence-electron chi connectivity index (χ4n) is 4.47. The van der Waals surface area contributed by atoms with E-state index in [0.29, 0.717) is 21.5 Å². The van der Waals surface area contributed by atoms with Gasteiger partial charge in [0.2, 0.25) is 5.91 Å². The first-order chi connectivity index (χ1) is 21.3. The van der Waals surface area contributed by atoms with Gasteiger partial charge >= 0.3 is 5.97 Å². The van der Waals surface area contributed by atoms with Crippen LogP contribution >= 0.6 is 35.1 Å². The minimum absolute atomic E-state index is 0.0480. The first kappa shape index (κ1) is 32.8. The Morgan fingerprint density at radius 3 is 2.09 bits per heavy atom. The molecular weight excluding hydrogens is 627 g/mol. The number of aromatic carboxylic acids is 1. The number of ether oxygens (including phenoxy) is 2. The minimum Gasteiger partial charge on any atom is -0.490 e. The third-order valence-corrected chi connectivity index (χ3v) is 8.44. The molecule has 0 bridgehead atoms. The lowest BCUT2D eigenvalue weighted by molar-refractivity contribution is -0.115. The van der Waals surface area contributed by atoms with E-state index in [2.05, 4.69) is 9.62 Å². The normalized spacial score (nSPS) is 13.3. The number of carboxylic acids is 1. The summed E-state index contributed by atoms with van der Waals surface area (Å²) in [5.41, 5.74) is 1.09. The van der Waals surface area contributed by atoms with Crippen molar-refractivity contribution in [3.63, 3.8) is 0 Å². The molecule has 1 aliphatic heterocycles. The molecule has 5 rings (SSSR count). The van der Waals surface area contributed by atoms with Crippen LogP contribution in [0, 0.1) is 9.93 Å². The summed E-state index contributed by atoms with van der Waals surface area (Å²) in [4.78, 5) is 38.9. The van der Waals surface area contributed by atoms with Crippen molar-refractivity contribution < 1.29 is 24.2 Å². The van der Waals surface area contributed by atoms with Gasteiger partial charge in [-0.2, -0.15) is 0 Å². The number of hydrogen-bond acceptors (Lipinski definition) is 8. The summed E-state index contributed by atoms with van der Waals surface area (Å²) in [7, 11) is 0. The van der Waals surface area contributed by atoms with Gasteiger partial charge in [-0.15, -0.1) is 0 Å². The number of carbonyl (C=O) groups excluding carboxylic acids is 1. The highest BCUT2D eigenvalue weighted by Crippen LogP contribution is 2.32. The van der Waals surface area contributed by atoms with Crippen LogP contribution in [-0.4, -0.2) is 40.5 Å². The predicted octanol–water partition coefficient (Wildman–Crippen LogP) is 8.28. The smallest absolute Gasteiger partial charge is 0.337 e. The molecule has 44 heavy (non-hydrogen) atoms. The van der Waals surface area contributed by atoms with Crippen LogP contribution in [0.4, 0.5) is 5.69 Å². The van der Waals surface area contributed by atoms with Gasteiger partial charge in [0.1, 0.15) is 23.4 Å². The standard InChI is InChI=1S/C32H28Cl2N2O5S.O2/c33-28-14-13-26(20-29(28)34)42-36-17-15-25(16-18-36)41-24-11-9-23(10-12-24)40-22-7-5-21(6-8-22)19-31(37)35-30-4-2-1-3-27(30)32(38)39;1-2/h1-14,20,25H,15-19H2,(H,35,37)(H,38,39);. The molecule has 0 radical (unpaired) electrons. The largest absolute Gasteiger partial charge is 0.490 e. The van der Waals surface area contributed by atoms with Crippen LogP contribution in [0.3, 0.4) is 0 Å². The zero-order chi connectivity index (χ0) is 31.5. The highest BCUT2D eigenvalue weighted by Gasteiger charge is 2.21. The van der Waals surface area contributed by atoms with E-state index < -0.39 is 5.97 Å². The quantitative estimate of drug-likeness (QED) is 0.163. The lowest BCUT2D eigenvalue weighted by Crippen LogP contribution is -2.34. The van der Waals surface area contributed by atoms with Crippen LogP contribution in [0.2, 0.25) is 10.0 Å². The highest BCUT2D eigenvalue weighted by molar-refractivity contribution is 7.97. The minimum atomic E-state index is -1.09. The first-order valence-electron chi connectivity index (χ1n) is 13.5. The number of benzene rings is 4. The van der Waals surface area contributed by atoms with E-state index in [0.717, 1.165) is 42.1 Å². The van der Waals surface area contributed by atoms with Crippen LogP contribution in [0.15, 0.2) is 95.9 Å². The van der Waals surface area contributed by atoms with Crippen LogP contribution < -0.4 is 14.8 Å². The van der Waals surface area contributed by atoms with Crippen molar-refractivity contribution in [1.82, 2.24) is 4.31 Å². The van der Waals surface area contributed by atoms with Crippen molar-refractivity contribution in [1.29, 1.82) is 0 Å². The molecule has 228 valence electrons. The van der Waals surface area contributed by atoms with Crippen molar-refractivity contribution in [2.45, 2.75) is 30.3 Å². The molecule has 1 saturated heterocycles. The van der Waals surface area contributed by atoms with Crippen molar-refractivity contribution in [2.24, 2.45) is 0 Å². The van der Waals surface area contributed by atoms with Gasteiger partial charge in [0, 0.05) is 27.9 Å². The fraction of sp³-hybridized carbons (Fsp3) is 0.188. The Hall–Kier alpha value is -4.09. The average Bonchev–Trinajstić information content (AvgIpc) is 3.03. The third kappa shape index (κ3) is 9.45. The summed E-state index contributed by atoms with van der Waals surface area (Å²) in [5.74, 6) is 0.707. The summed E-state index contributed by atoms with van der Waals surface area (Å²) >= 11 is 13.8. The molecule has 1 amide bonds. The molecule has 0 unspecified atom stereocenters. The number of rotatable bonds is 10. The van der Waals surface area contributed by atoms with Crippen LogP contribution in [0.1, 0.15) is 28.8 Å². The molecule has 0 aliphatic carbocycles. The number of nitrogens with zero attached hydrogens (tertiary/aromatic N) is 1. The Bertz CT molecular complexity index is 1560. The second kappa shape index (κ2) is 16.1. The molecule has 0 atom stereocenters. The van der Waals surface area contributed by atoms with Gasteiger partial charge in [-0.1, -0.05) is 47.5 Å². The lowest BCUT2D eigenvalue weighted by atomic mass is 10.1. The SMILES string of the molecule is O=C(Cc1ccc(Oc2ccc(OC3CCN(Sc4ccc(Cl)c(Cl)c4)CC3)cc2)cc1)Nc1ccccc1C(=O)O.O=O. The highest BCUT2D eigenvalue weighted by atomic mass is 35.5. The zero-order valence-electron chi connectivity index (χ0n) is 23.3. The molecule has 2 N–H and O–H groups in total. The second-order valence-electron chi connectivity index (χ2n) is 9.71. The Morgan fingerprint density at radius 2 is 1.45 bits per heavy atom. The molecular formula is C32H28Cl2N2O7S. The van der Waals surface area contributed by atoms with Gasteiger partial charge in [-0.3, -0.25) is 4.79 Å². The maximum atomic E-state index is 12.5. The van der Waals surface area contributed by atoms with Crippen LogP contribution in [-0.2, 0) is 11.2 Å². The van der Waals surface area contributed by atoms with Crippen LogP contribution in [0.5, 0.6) is 17.2 Å². The molecule has 0 saturated carbocycles. The summed E-state index contributed by atoms with van der Waals surface area (Å²) in [6, 6.07) is 26.7. The molecule has 9 nitrogen and oxygen atoms in total. The number of anilines is 1. The fourth-order valence-corrected chi connectivity index (χ4v) is 5.83. The van der Waals surface area contributed by atoms with Gasteiger partial charge in [-0.05, 0) is 97.1 Å². The van der Waals surface area contributed by atoms with Crippen LogP contribution in [0.25, 0.3) is 0 Å². The Labute approximate surface area is 268 Å². The maximum Gasteiger partial charge on any atom is 0.337 e. The molecule has 4 aromatic carbocycles. The van der Waals surface area contributed by atoms with E-state index in [1.807, 2.05) is 54.6 Å². The number of carboxylic acid groups (broad SMARTS) is 1. The summed E-state index contributed by atoms with van der Waals surface area (Å²) in [6.07, 6.45) is 2.09. The molecule has 4 aromatic rings. The lowest BCUT2D eigenvalue weighted by Gasteiger charge is -2.31. The third-order valence-electron chi connectivity index (χ3n) is 6.61. The van der Waals surface area contributed by atoms with Gasteiger partial charge in [0.05, 0.1) is 27.7 Å². The van der Waals surface area contributed by atoms with E-state index >= 15 is 0 Å². The second-order valence-corrected chi connectivity index (χ2v) is 11.7. The van der Waals surface area contributed by atoms with Crippen molar-refractivity contribution >= 4 is 52.7 Å². The number of piperidine rings is 1. The van der Waals surface area contributed by atoms with Crippen molar-refractivity contribution in [2.75, 3.05) is 18.4 Å².